The first-order valence-corrected chi connectivity index (χ1v) is 10.7. The normalized spacial score (nSPS) is 14.6. The number of nitrogens with one attached hydrogen (secondary N) is 1. The van der Waals surface area contributed by atoms with Crippen molar-refractivity contribution in [3.8, 4) is 5.75 Å². The van der Waals surface area contributed by atoms with Crippen LogP contribution in [0.2, 0.25) is 0 Å². The molecule has 1 heterocycles. The van der Waals surface area contributed by atoms with Crippen molar-refractivity contribution >= 4 is 29.9 Å². The summed E-state index contributed by atoms with van der Waals surface area (Å²) < 4.78 is 10.7. The lowest BCUT2D eigenvalue weighted by molar-refractivity contribution is 0.0342. The Morgan fingerprint density at radius 3 is 2.48 bits per heavy atom. The van der Waals surface area contributed by atoms with Gasteiger partial charge in [0.15, 0.2) is 5.96 Å². The highest BCUT2D eigenvalue weighted by atomic mass is 127. The Labute approximate surface area is 203 Å². The van der Waals surface area contributed by atoms with E-state index >= 15 is 0 Å². The van der Waals surface area contributed by atoms with E-state index in [0.29, 0.717) is 6.54 Å². The quantitative estimate of drug-likeness (QED) is 0.316. The van der Waals surface area contributed by atoms with Crippen LogP contribution in [0.1, 0.15) is 23.6 Å². The van der Waals surface area contributed by atoms with Crippen molar-refractivity contribution in [2.75, 3.05) is 47.0 Å². The van der Waals surface area contributed by atoms with E-state index in [2.05, 4.69) is 65.5 Å². The maximum absolute atomic E-state index is 5.45. The fraction of sp³-hybridized carbons (Fsp3) is 0.458. The predicted molar refractivity (Wildman–Crippen MR) is 137 cm³/mol. The summed E-state index contributed by atoms with van der Waals surface area (Å²) in [6.45, 7) is 9.01. The Balaban J connectivity index is 0.00000341. The standard InChI is InChI=1S/C24H34N4O2.HI/c1-4-25-24(27(2)18-20-8-10-23(29-3)11-9-20)26-17-21-6-5-7-22(16-21)19-28-12-14-30-15-13-28;/h5-11,16H,4,12-15,17-19H2,1-3H3,(H,25,26);1H. The van der Waals surface area contributed by atoms with E-state index in [9.17, 15) is 0 Å². The number of ether oxygens (including phenoxy) is 2. The van der Waals surface area contributed by atoms with Crippen molar-refractivity contribution in [3.05, 3.63) is 65.2 Å². The summed E-state index contributed by atoms with van der Waals surface area (Å²) in [5, 5.41) is 3.40. The highest BCUT2D eigenvalue weighted by molar-refractivity contribution is 14.0. The molecule has 7 heteroatoms. The van der Waals surface area contributed by atoms with Crippen LogP contribution >= 0.6 is 24.0 Å². The lowest BCUT2D eigenvalue weighted by atomic mass is 10.1. The molecule has 0 atom stereocenters. The molecule has 0 saturated carbocycles. The van der Waals surface area contributed by atoms with Gasteiger partial charge in [-0.05, 0) is 35.7 Å². The third-order valence-electron chi connectivity index (χ3n) is 5.19. The Morgan fingerprint density at radius 1 is 1.10 bits per heavy atom. The number of halogens is 1. The topological polar surface area (TPSA) is 49.3 Å². The van der Waals surface area contributed by atoms with Gasteiger partial charge in [-0.1, -0.05) is 36.4 Å². The molecule has 6 nitrogen and oxygen atoms in total. The molecule has 0 spiro atoms. The highest BCUT2D eigenvalue weighted by Gasteiger charge is 2.11. The summed E-state index contributed by atoms with van der Waals surface area (Å²) >= 11 is 0. The van der Waals surface area contributed by atoms with E-state index < -0.39 is 0 Å². The number of hydrogen-bond donors (Lipinski definition) is 1. The lowest BCUT2D eigenvalue weighted by Gasteiger charge is -2.26. The predicted octanol–water partition coefficient (Wildman–Crippen LogP) is 3.74. The maximum Gasteiger partial charge on any atom is 0.194 e. The summed E-state index contributed by atoms with van der Waals surface area (Å²) in [6.07, 6.45) is 0. The molecule has 1 N–H and O–H groups in total. The molecule has 0 bridgehead atoms. The molecule has 0 amide bonds. The van der Waals surface area contributed by atoms with E-state index in [-0.39, 0.29) is 24.0 Å². The molecule has 1 aliphatic rings. The second-order valence-corrected chi connectivity index (χ2v) is 7.58. The molecule has 1 fully saturated rings. The number of rotatable bonds is 8. The Morgan fingerprint density at radius 2 is 1.81 bits per heavy atom. The monoisotopic (exact) mass is 538 g/mol. The summed E-state index contributed by atoms with van der Waals surface area (Å²) in [6, 6.07) is 16.9. The number of hydrogen-bond acceptors (Lipinski definition) is 4. The van der Waals surface area contributed by atoms with Crippen molar-refractivity contribution in [2.24, 2.45) is 4.99 Å². The van der Waals surface area contributed by atoms with Crippen LogP contribution in [-0.4, -0.2) is 62.8 Å². The summed E-state index contributed by atoms with van der Waals surface area (Å²) in [4.78, 5) is 9.47. The van der Waals surface area contributed by atoms with Crippen LogP contribution in [0.4, 0.5) is 0 Å². The van der Waals surface area contributed by atoms with Gasteiger partial charge in [0.05, 0.1) is 26.9 Å². The van der Waals surface area contributed by atoms with Gasteiger partial charge in [-0.15, -0.1) is 24.0 Å². The van der Waals surface area contributed by atoms with Crippen molar-refractivity contribution in [2.45, 2.75) is 26.6 Å². The van der Waals surface area contributed by atoms with E-state index in [1.165, 1.54) is 16.7 Å². The third kappa shape index (κ3) is 8.31. The largest absolute Gasteiger partial charge is 0.497 e. The molecule has 0 aromatic heterocycles. The molecule has 31 heavy (non-hydrogen) atoms. The van der Waals surface area contributed by atoms with Gasteiger partial charge in [0.2, 0.25) is 0 Å². The van der Waals surface area contributed by atoms with Crippen LogP contribution in [0.25, 0.3) is 0 Å². The third-order valence-corrected chi connectivity index (χ3v) is 5.19. The van der Waals surface area contributed by atoms with Gasteiger partial charge in [-0.25, -0.2) is 4.99 Å². The first kappa shape index (κ1) is 25.4. The van der Waals surface area contributed by atoms with E-state index in [0.717, 1.165) is 57.6 Å². The van der Waals surface area contributed by atoms with Crippen molar-refractivity contribution in [1.29, 1.82) is 0 Å². The SMILES string of the molecule is CCNC(=NCc1cccc(CN2CCOCC2)c1)N(C)Cc1ccc(OC)cc1.I. The van der Waals surface area contributed by atoms with Gasteiger partial charge in [-0.3, -0.25) is 4.90 Å². The maximum atomic E-state index is 5.45. The van der Waals surface area contributed by atoms with Crippen LogP contribution in [-0.2, 0) is 24.4 Å². The second kappa shape index (κ2) is 13.5. The number of guanidine groups is 1. The van der Waals surface area contributed by atoms with E-state index in [1.807, 2.05) is 12.1 Å². The summed E-state index contributed by atoms with van der Waals surface area (Å²) in [7, 11) is 3.76. The minimum atomic E-state index is 0. The van der Waals surface area contributed by atoms with Gasteiger partial charge in [-0.2, -0.15) is 0 Å². The van der Waals surface area contributed by atoms with Crippen molar-refractivity contribution < 1.29 is 9.47 Å². The van der Waals surface area contributed by atoms with Crippen LogP contribution in [0, 0.1) is 0 Å². The van der Waals surface area contributed by atoms with E-state index in [4.69, 9.17) is 14.5 Å². The summed E-state index contributed by atoms with van der Waals surface area (Å²) in [5.74, 6) is 1.78. The number of morpholine rings is 1. The zero-order valence-corrected chi connectivity index (χ0v) is 21.2. The van der Waals surface area contributed by atoms with Crippen molar-refractivity contribution in [3.63, 3.8) is 0 Å². The van der Waals surface area contributed by atoms with E-state index in [1.54, 1.807) is 7.11 Å². The van der Waals surface area contributed by atoms with Gasteiger partial charge < -0.3 is 19.7 Å². The fourth-order valence-electron chi connectivity index (χ4n) is 3.56. The molecule has 3 rings (SSSR count). The molecule has 0 unspecified atom stereocenters. The molecule has 0 aliphatic carbocycles. The fourth-order valence-corrected chi connectivity index (χ4v) is 3.56. The highest BCUT2D eigenvalue weighted by Crippen LogP contribution is 2.14. The number of benzene rings is 2. The van der Waals surface area contributed by atoms with Crippen molar-refractivity contribution in [1.82, 2.24) is 15.1 Å². The molecule has 2 aromatic rings. The molecule has 1 saturated heterocycles. The molecule has 170 valence electrons. The van der Waals surface area contributed by atoms with Gasteiger partial charge in [0.25, 0.3) is 0 Å². The first-order valence-electron chi connectivity index (χ1n) is 10.7. The van der Waals surface area contributed by atoms with Crippen LogP contribution in [0.5, 0.6) is 5.75 Å². The Bertz CT molecular complexity index is 807. The number of nitrogens with zero attached hydrogens (tertiary/aromatic N) is 3. The second-order valence-electron chi connectivity index (χ2n) is 7.58. The molecular formula is C24H35IN4O2. The average Bonchev–Trinajstić information content (AvgIpc) is 2.78. The zero-order chi connectivity index (χ0) is 21.2. The smallest absolute Gasteiger partial charge is 0.194 e. The number of methoxy groups -OCH3 is 1. The first-order chi connectivity index (χ1) is 14.7. The molecular weight excluding hydrogens is 503 g/mol. The average molecular weight is 538 g/mol. The molecule has 2 aromatic carbocycles. The van der Waals surface area contributed by atoms with Crippen LogP contribution in [0.15, 0.2) is 53.5 Å². The van der Waals surface area contributed by atoms with Crippen LogP contribution in [0.3, 0.4) is 0 Å². The molecule has 1 aliphatic heterocycles. The summed E-state index contributed by atoms with van der Waals surface area (Å²) in [5.41, 5.74) is 3.78. The van der Waals surface area contributed by atoms with Gasteiger partial charge in [0, 0.05) is 39.8 Å². The molecule has 0 radical (unpaired) electrons. The van der Waals surface area contributed by atoms with Gasteiger partial charge in [0.1, 0.15) is 5.75 Å². The lowest BCUT2D eigenvalue weighted by Crippen LogP contribution is -2.38. The van der Waals surface area contributed by atoms with Gasteiger partial charge >= 0.3 is 0 Å². The zero-order valence-electron chi connectivity index (χ0n) is 18.8. The Kier molecular flexibility index (Phi) is 11.1. The van der Waals surface area contributed by atoms with Crippen LogP contribution < -0.4 is 10.1 Å². The minimum Gasteiger partial charge on any atom is -0.497 e. The minimum absolute atomic E-state index is 0. The number of aliphatic imine (C=N–C) groups is 1. The Hall–Kier alpha value is -1.84.